The van der Waals surface area contributed by atoms with Crippen LogP contribution in [0, 0.1) is 0 Å². The number of nitrogens with zero attached hydrogens (tertiary/aromatic N) is 1. The highest BCUT2D eigenvalue weighted by Gasteiger charge is 2.32. The molecule has 0 saturated carbocycles. The van der Waals surface area contributed by atoms with Crippen LogP contribution in [0.3, 0.4) is 0 Å². The van der Waals surface area contributed by atoms with Crippen LogP contribution in [-0.4, -0.2) is 43.1 Å². The van der Waals surface area contributed by atoms with Crippen molar-refractivity contribution in [3.8, 4) is 11.1 Å². The first-order chi connectivity index (χ1) is 12.8. The van der Waals surface area contributed by atoms with Gasteiger partial charge in [-0.1, -0.05) is 48.5 Å². The largest absolute Gasteiger partial charge is 0.448 e. The van der Waals surface area contributed by atoms with Crippen LogP contribution in [-0.2, 0) is 9.53 Å². The summed E-state index contributed by atoms with van der Waals surface area (Å²) in [6.45, 7) is 1.49. The molecule has 4 rings (SSSR count). The third-order valence-electron chi connectivity index (χ3n) is 5.38. The smallest absolute Gasteiger partial charge is 0.410 e. The molecule has 1 heterocycles. The highest BCUT2D eigenvalue weighted by atomic mass is 16.6. The van der Waals surface area contributed by atoms with Crippen molar-refractivity contribution in [2.75, 3.05) is 19.7 Å². The molecular weight excluding hydrogens is 328 g/mol. The van der Waals surface area contributed by atoms with Gasteiger partial charge in [-0.05, 0) is 35.1 Å². The predicted molar refractivity (Wildman–Crippen MR) is 98.9 cm³/mol. The molecule has 26 heavy (non-hydrogen) atoms. The molecule has 2 aromatic carbocycles. The molecular formula is C21H22N2O3. The van der Waals surface area contributed by atoms with Crippen molar-refractivity contribution < 1.29 is 14.3 Å². The van der Waals surface area contributed by atoms with Crippen LogP contribution in [0.25, 0.3) is 11.1 Å². The van der Waals surface area contributed by atoms with E-state index in [0.29, 0.717) is 26.1 Å². The second-order valence-electron chi connectivity index (χ2n) is 6.82. The number of nitrogens with one attached hydrogen (secondary N) is 1. The van der Waals surface area contributed by atoms with E-state index in [1.54, 1.807) is 4.90 Å². The Kier molecular flexibility index (Phi) is 4.61. The molecule has 0 bridgehead atoms. The Morgan fingerprint density at radius 2 is 1.77 bits per heavy atom. The van der Waals surface area contributed by atoms with Gasteiger partial charge in [-0.3, -0.25) is 4.79 Å². The molecule has 1 atom stereocenters. The molecule has 5 nitrogen and oxygen atoms in total. The van der Waals surface area contributed by atoms with Gasteiger partial charge in [-0.2, -0.15) is 0 Å². The first-order valence-corrected chi connectivity index (χ1v) is 9.08. The molecule has 2 aromatic rings. The second-order valence-corrected chi connectivity index (χ2v) is 6.82. The molecule has 1 aliphatic heterocycles. The molecule has 1 saturated heterocycles. The molecule has 1 aliphatic carbocycles. The maximum Gasteiger partial charge on any atom is 0.410 e. The maximum absolute atomic E-state index is 12.6. The van der Waals surface area contributed by atoms with Crippen molar-refractivity contribution in [1.29, 1.82) is 0 Å². The maximum atomic E-state index is 12.6. The van der Waals surface area contributed by atoms with Gasteiger partial charge >= 0.3 is 6.09 Å². The van der Waals surface area contributed by atoms with E-state index in [1.807, 2.05) is 24.3 Å². The summed E-state index contributed by atoms with van der Waals surface area (Å²) in [5, 5.41) is 2.67. The molecule has 1 N–H and O–H groups in total. The highest BCUT2D eigenvalue weighted by Crippen LogP contribution is 2.44. The number of fused-ring (bicyclic) bond motifs is 3. The summed E-state index contributed by atoms with van der Waals surface area (Å²) < 4.78 is 5.70. The van der Waals surface area contributed by atoms with Crippen LogP contribution in [0.15, 0.2) is 48.5 Å². The molecule has 0 unspecified atom stereocenters. The Hall–Kier alpha value is -2.82. The number of rotatable bonds is 5. The zero-order valence-electron chi connectivity index (χ0n) is 14.6. The highest BCUT2D eigenvalue weighted by molar-refractivity contribution is 5.79. The monoisotopic (exact) mass is 350 g/mol. The standard InChI is InChI=1S/C21H22N2O3/c24-14-22-12-15-6-5-11-23(15)21(25)26-13-20-18-9-3-1-7-16(18)17-8-2-4-10-19(17)20/h1-4,7-10,14-15,20H,5-6,11-13H2,(H,22,24)/t15-/m0/s1. The average Bonchev–Trinajstić information content (AvgIpc) is 3.27. The normalized spacial score (nSPS) is 18.3. The number of hydrogen-bond donors (Lipinski definition) is 1. The van der Waals surface area contributed by atoms with Gasteiger partial charge in [0.15, 0.2) is 0 Å². The van der Waals surface area contributed by atoms with E-state index in [-0.39, 0.29) is 18.1 Å². The average molecular weight is 350 g/mol. The van der Waals surface area contributed by atoms with E-state index in [2.05, 4.69) is 29.6 Å². The topological polar surface area (TPSA) is 58.6 Å². The lowest BCUT2D eigenvalue weighted by Gasteiger charge is -2.24. The Labute approximate surface area is 153 Å². The third-order valence-corrected chi connectivity index (χ3v) is 5.38. The van der Waals surface area contributed by atoms with Crippen LogP contribution < -0.4 is 5.32 Å². The van der Waals surface area contributed by atoms with E-state index >= 15 is 0 Å². The minimum Gasteiger partial charge on any atom is -0.448 e. The fraction of sp³-hybridized carbons (Fsp3) is 0.333. The predicted octanol–water partition coefficient (Wildman–Crippen LogP) is 3.15. The van der Waals surface area contributed by atoms with Gasteiger partial charge in [0.1, 0.15) is 6.61 Å². The zero-order chi connectivity index (χ0) is 17.9. The first kappa shape index (κ1) is 16.6. The van der Waals surface area contributed by atoms with Crippen LogP contribution in [0.4, 0.5) is 4.79 Å². The molecule has 5 heteroatoms. The summed E-state index contributed by atoms with van der Waals surface area (Å²) in [6, 6.07) is 16.6. The van der Waals surface area contributed by atoms with Crippen molar-refractivity contribution in [1.82, 2.24) is 10.2 Å². The van der Waals surface area contributed by atoms with Gasteiger partial charge < -0.3 is 15.0 Å². The van der Waals surface area contributed by atoms with Gasteiger partial charge in [0.25, 0.3) is 0 Å². The fourth-order valence-corrected chi connectivity index (χ4v) is 4.15. The Balaban J connectivity index is 1.48. The van der Waals surface area contributed by atoms with Gasteiger partial charge in [-0.25, -0.2) is 4.79 Å². The number of hydrogen-bond acceptors (Lipinski definition) is 3. The zero-order valence-corrected chi connectivity index (χ0v) is 14.6. The van der Waals surface area contributed by atoms with E-state index < -0.39 is 0 Å². The lowest BCUT2D eigenvalue weighted by atomic mass is 9.98. The van der Waals surface area contributed by atoms with Crippen LogP contribution in [0.1, 0.15) is 29.9 Å². The number of benzene rings is 2. The lowest BCUT2D eigenvalue weighted by Crippen LogP contribution is -2.42. The summed E-state index contributed by atoms with van der Waals surface area (Å²) in [5.41, 5.74) is 4.86. The lowest BCUT2D eigenvalue weighted by molar-refractivity contribution is -0.109. The molecule has 1 fully saturated rings. The number of carbonyl (C=O) groups excluding carboxylic acids is 2. The Morgan fingerprint density at radius 3 is 2.42 bits per heavy atom. The van der Waals surface area contributed by atoms with E-state index in [9.17, 15) is 9.59 Å². The number of likely N-dealkylation sites (tertiary alicyclic amines) is 1. The molecule has 0 radical (unpaired) electrons. The van der Waals surface area contributed by atoms with Crippen LogP contribution in [0.5, 0.6) is 0 Å². The van der Waals surface area contributed by atoms with Crippen molar-refractivity contribution in [2.24, 2.45) is 0 Å². The number of ether oxygens (including phenoxy) is 1. The summed E-state index contributed by atoms with van der Waals surface area (Å²) >= 11 is 0. The number of amides is 2. The first-order valence-electron chi connectivity index (χ1n) is 9.08. The summed E-state index contributed by atoms with van der Waals surface area (Å²) in [7, 11) is 0. The molecule has 0 spiro atoms. The molecule has 0 aromatic heterocycles. The minimum absolute atomic E-state index is 0.0239. The molecule has 134 valence electrons. The van der Waals surface area contributed by atoms with Gasteiger partial charge in [0.2, 0.25) is 6.41 Å². The van der Waals surface area contributed by atoms with Crippen molar-refractivity contribution in [3.63, 3.8) is 0 Å². The summed E-state index contributed by atoms with van der Waals surface area (Å²) in [5.74, 6) is 0.0699. The number of carbonyl (C=O) groups is 2. The fourth-order valence-electron chi connectivity index (χ4n) is 4.15. The van der Waals surface area contributed by atoms with Gasteiger partial charge in [0, 0.05) is 19.0 Å². The van der Waals surface area contributed by atoms with E-state index in [0.717, 1.165) is 12.8 Å². The van der Waals surface area contributed by atoms with Crippen molar-refractivity contribution in [3.05, 3.63) is 59.7 Å². The SMILES string of the molecule is O=CNC[C@@H]1CCCN1C(=O)OCC1c2ccccc2-c2ccccc21. The summed E-state index contributed by atoms with van der Waals surface area (Å²) in [6.07, 6.45) is 2.22. The van der Waals surface area contributed by atoms with Gasteiger partial charge in [0.05, 0.1) is 6.04 Å². The summed E-state index contributed by atoms with van der Waals surface area (Å²) in [4.78, 5) is 24.9. The van der Waals surface area contributed by atoms with Crippen molar-refractivity contribution in [2.45, 2.75) is 24.8 Å². The Morgan fingerprint density at radius 1 is 1.12 bits per heavy atom. The van der Waals surface area contributed by atoms with E-state index in [1.165, 1.54) is 22.3 Å². The third kappa shape index (κ3) is 2.94. The molecule has 2 aliphatic rings. The van der Waals surface area contributed by atoms with E-state index in [4.69, 9.17) is 4.74 Å². The quantitative estimate of drug-likeness (QED) is 0.843. The van der Waals surface area contributed by atoms with Crippen molar-refractivity contribution >= 4 is 12.5 Å². The minimum atomic E-state index is -0.290. The van der Waals surface area contributed by atoms with Crippen LogP contribution >= 0.6 is 0 Å². The molecule has 2 amide bonds. The van der Waals surface area contributed by atoms with Crippen LogP contribution in [0.2, 0.25) is 0 Å². The van der Waals surface area contributed by atoms with Gasteiger partial charge in [-0.15, -0.1) is 0 Å². The Bertz CT molecular complexity index is 775. The second kappa shape index (κ2) is 7.20.